The molecular weight excluding hydrogens is 303 g/mol. The van der Waals surface area contributed by atoms with Crippen molar-refractivity contribution in [3.05, 3.63) is 53.6 Å². The standard InChI is InChI=1S/C15H14BClN2OS/c17-12-7-5-11(6-8-12)16(20-10-9-18)15-19-13-3-1-2-4-14(13)21-15/h1-8H,9-10,18H2. The third-order valence-electron chi connectivity index (χ3n) is 3.11. The van der Waals surface area contributed by atoms with E-state index in [2.05, 4.69) is 11.1 Å². The monoisotopic (exact) mass is 316 g/mol. The summed E-state index contributed by atoms with van der Waals surface area (Å²) in [6.45, 7) is 0.765. The fraction of sp³-hybridized carbons (Fsp3) is 0.133. The van der Waals surface area contributed by atoms with Crippen LogP contribution in [0.4, 0.5) is 0 Å². The van der Waals surface area contributed by atoms with Crippen molar-refractivity contribution in [2.24, 2.45) is 5.73 Å². The van der Waals surface area contributed by atoms with Gasteiger partial charge in [0.2, 0.25) is 0 Å². The lowest BCUT2D eigenvalue weighted by atomic mass is 9.61. The minimum atomic E-state index is -0.205. The van der Waals surface area contributed by atoms with Gasteiger partial charge in [0.15, 0.2) is 0 Å². The summed E-state index contributed by atoms with van der Waals surface area (Å²) in [6, 6.07) is 15.7. The predicted molar refractivity (Wildman–Crippen MR) is 91.1 cm³/mol. The second-order valence-corrected chi connectivity index (χ2v) is 6.11. The Morgan fingerprint density at radius 2 is 1.90 bits per heavy atom. The second kappa shape index (κ2) is 6.58. The van der Waals surface area contributed by atoms with Crippen molar-refractivity contribution in [2.45, 2.75) is 0 Å². The van der Waals surface area contributed by atoms with Crippen molar-refractivity contribution in [3.63, 3.8) is 0 Å². The molecule has 0 amide bonds. The molecule has 0 aliphatic carbocycles. The number of aromatic nitrogens is 1. The van der Waals surface area contributed by atoms with Gasteiger partial charge in [0, 0.05) is 18.2 Å². The number of nitrogens with two attached hydrogens (primary N) is 1. The van der Waals surface area contributed by atoms with Gasteiger partial charge in [0.25, 0.3) is 0 Å². The number of para-hydroxylation sites is 1. The van der Waals surface area contributed by atoms with Gasteiger partial charge in [0.05, 0.1) is 15.1 Å². The first-order chi connectivity index (χ1) is 10.3. The van der Waals surface area contributed by atoms with Crippen LogP contribution in [0.5, 0.6) is 0 Å². The van der Waals surface area contributed by atoms with Gasteiger partial charge in [-0.2, -0.15) is 0 Å². The quantitative estimate of drug-likeness (QED) is 0.733. The Balaban J connectivity index is 1.99. The van der Waals surface area contributed by atoms with E-state index in [1.165, 1.54) is 0 Å². The third-order valence-corrected chi connectivity index (χ3v) is 4.44. The molecule has 0 atom stereocenters. The van der Waals surface area contributed by atoms with Gasteiger partial charge >= 0.3 is 6.92 Å². The Hall–Kier alpha value is -1.40. The largest absolute Gasteiger partial charge is 0.424 e. The molecular formula is C15H14BClN2OS. The number of nitrogens with zero attached hydrogens (tertiary/aromatic N) is 1. The van der Waals surface area contributed by atoms with Gasteiger partial charge in [-0.05, 0) is 29.7 Å². The van der Waals surface area contributed by atoms with E-state index in [4.69, 9.17) is 22.0 Å². The summed E-state index contributed by atoms with van der Waals surface area (Å²) in [7, 11) is 0. The number of rotatable bonds is 5. The fourth-order valence-corrected chi connectivity index (χ4v) is 3.31. The summed E-state index contributed by atoms with van der Waals surface area (Å²) in [6.07, 6.45) is 0. The highest BCUT2D eigenvalue weighted by atomic mass is 35.5. The summed E-state index contributed by atoms with van der Waals surface area (Å²) in [4.78, 5) is 5.62. The smallest absolute Gasteiger partial charge is 0.393 e. The lowest BCUT2D eigenvalue weighted by Crippen LogP contribution is -2.45. The van der Waals surface area contributed by atoms with Gasteiger partial charge in [-0.1, -0.05) is 35.9 Å². The van der Waals surface area contributed by atoms with Crippen LogP contribution in [0.15, 0.2) is 48.5 Å². The van der Waals surface area contributed by atoms with Crippen LogP contribution >= 0.6 is 22.9 Å². The van der Waals surface area contributed by atoms with Crippen LogP contribution in [0.1, 0.15) is 0 Å². The van der Waals surface area contributed by atoms with E-state index in [0.717, 1.165) is 20.6 Å². The molecule has 3 nitrogen and oxygen atoms in total. The summed E-state index contributed by atoms with van der Waals surface area (Å²) in [5.41, 5.74) is 7.60. The molecule has 0 spiro atoms. The average molecular weight is 317 g/mol. The van der Waals surface area contributed by atoms with E-state index in [9.17, 15) is 0 Å². The maximum Gasteiger partial charge on any atom is 0.393 e. The molecule has 3 rings (SSSR count). The summed E-state index contributed by atoms with van der Waals surface area (Å²) < 4.78 is 7.07. The summed E-state index contributed by atoms with van der Waals surface area (Å²) >= 11 is 7.60. The molecule has 0 aliphatic rings. The Labute approximate surface area is 132 Å². The van der Waals surface area contributed by atoms with Crippen LogP contribution in [-0.2, 0) is 4.65 Å². The number of thiazole rings is 1. The van der Waals surface area contributed by atoms with E-state index >= 15 is 0 Å². The molecule has 1 aromatic heterocycles. The van der Waals surface area contributed by atoms with Gasteiger partial charge < -0.3 is 10.4 Å². The molecule has 0 bridgehead atoms. The van der Waals surface area contributed by atoms with E-state index in [0.29, 0.717) is 18.2 Å². The normalized spacial score (nSPS) is 11.0. The summed E-state index contributed by atoms with van der Waals surface area (Å²) in [5.74, 6) is 0. The van der Waals surface area contributed by atoms with Crippen molar-refractivity contribution >= 4 is 50.4 Å². The molecule has 21 heavy (non-hydrogen) atoms. The molecule has 106 valence electrons. The number of fused-ring (bicyclic) bond motifs is 1. The minimum absolute atomic E-state index is 0.205. The Morgan fingerprint density at radius 3 is 2.62 bits per heavy atom. The highest BCUT2D eigenvalue weighted by Gasteiger charge is 2.25. The Morgan fingerprint density at radius 1 is 1.14 bits per heavy atom. The lowest BCUT2D eigenvalue weighted by Gasteiger charge is -2.11. The zero-order valence-electron chi connectivity index (χ0n) is 11.3. The van der Waals surface area contributed by atoms with E-state index in [-0.39, 0.29) is 6.92 Å². The molecule has 0 radical (unpaired) electrons. The van der Waals surface area contributed by atoms with Crippen molar-refractivity contribution in [2.75, 3.05) is 13.2 Å². The molecule has 2 aromatic carbocycles. The van der Waals surface area contributed by atoms with Gasteiger partial charge in [-0.3, -0.25) is 0 Å². The number of hydrogen-bond donors (Lipinski definition) is 1. The zero-order chi connectivity index (χ0) is 14.7. The van der Waals surface area contributed by atoms with Crippen molar-refractivity contribution < 1.29 is 4.65 Å². The first-order valence-electron chi connectivity index (χ1n) is 6.70. The van der Waals surface area contributed by atoms with Crippen LogP contribution in [0.2, 0.25) is 5.02 Å². The third kappa shape index (κ3) is 3.27. The number of halogens is 1. The molecule has 6 heteroatoms. The second-order valence-electron chi connectivity index (χ2n) is 4.61. The summed E-state index contributed by atoms with van der Waals surface area (Å²) in [5, 5.41) is 0.709. The highest BCUT2D eigenvalue weighted by molar-refractivity contribution is 7.29. The molecule has 0 saturated heterocycles. The zero-order valence-corrected chi connectivity index (χ0v) is 12.9. The van der Waals surface area contributed by atoms with Crippen LogP contribution in [0.3, 0.4) is 0 Å². The topological polar surface area (TPSA) is 48.1 Å². The molecule has 1 heterocycles. The molecule has 0 saturated carbocycles. The molecule has 0 aliphatic heterocycles. The van der Waals surface area contributed by atoms with Gasteiger partial charge in [-0.25, -0.2) is 4.98 Å². The minimum Gasteiger partial charge on any atom is -0.424 e. The van der Waals surface area contributed by atoms with Crippen molar-refractivity contribution in [1.82, 2.24) is 4.98 Å². The van der Waals surface area contributed by atoms with Gasteiger partial charge in [-0.15, -0.1) is 11.3 Å². The van der Waals surface area contributed by atoms with E-state index in [1.54, 1.807) is 11.3 Å². The van der Waals surface area contributed by atoms with Crippen LogP contribution < -0.4 is 16.1 Å². The molecule has 0 unspecified atom stereocenters. The van der Waals surface area contributed by atoms with Crippen molar-refractivity contribution in [3.8, 4) is 0 Å². The first-order valence-corrected chi connectivity index (χ1v) is 7.90. The number of hydrogen-bond acceptors (Lipinski definition) is 4. The highest BCUT2D eigenvalue weighted by Crippen LogP contribution is 2.16. The lowest BCUT2D eigenvalue weighted by molar-refractivity contribution is 0.344. The van der Waals surface area contributed by atoms with E-state index < -0.39 is 0 Å². The predicted octanol–water partition coefficient (Wildman–Crippen LogP) is 2.03. The van der Waals surface area contributed by atoms with Crippen LogP contribution in [0, 0.1) is 0 Å². The van der Waals surface area contributed by atoms with E-state index in [1.807, 2.05) is 42.5 Å². The van der Waals surface area contributed by atoms with Crippen LogP contribution in [-0.4, -0.2) is 25.1 Å². The SMILES string of the molecule is NCCOB(c1ccc(Cl)cc1)c1nc2ccccc2s1. The average Bonchev–Trinajstić information content (AvgIpc) is 2.93. The Kier molecular flexibility index (Phi) is 4.55. The number of benzene rings is 2. The molecule has 2 N–H and O–H groups in total. The van der Waals surface area contributed by atoms with Gasteiger partial charge in [0.1, 0.15) is 0 Å². The maximum atomic E-state index is 5.96. The fourth-order valence-electron chi connectivity index (χ4n) is 2.14. The molecule has 0 fully saturated rings. The van der Waals surface area contributed by atoms with Crippen LogP contribution in [0.25, 0.3) is 10.2 Å². The Bertz CT molecular complexity index is 699. The van der Waals surface area contributed by atoms with Crippen molar-refractivity contribution in [1.29, 1.82) is 0 Å². The first kappa shape index (κ1) is 14.5. The maximum absolute atomic E-state index is 5.96. The molecule has 3 aromatic rings.